The lowest BCUT2D eigenvalue weighted by molar-refractivity contribution is 1.10. The van der Waals surface area contributed by atoms with Crippen molar-refractivity contribution in [2.75, 3.05) is 0 Å². The van der Waals surface area contributed by atoms with Gasteiger partial charge < -0.3 is 0 Å². The minimum atomic E-state index is 0.624. The summed E-state index contributed by atoms with van der Waals surface area (Å²) >= 11 is 1.84. The van der Waals surface area contributed by atoms with Gasteiger partial charge in [0.25, 0.3) is 0 Å². The van der Waals surface area contributed by atoms with Crippen LogP contribution >= 0.6 is 11.3 Å². The summed E-state index contributed by atoms with van der Waals surface area (Å²) in [6.45, 7) is 0. The summed E-state index contributed by atoms with van der Waals surface area (Å²) in [5.74, 6) is 0.749. The van der Waals surface area contributed by atoms with Gasteiger partial charge in [0.05, 0.1) is 28.2 Å². The first kappa shape index (κ1) is 23.2. The predicted molar refractivity (Wildman–Crippen MR) is 177 cm³/mol. The normalized spacial score (nSPS) is 11.8. The molecule has 9 aromatic rings. The summed E-state index contributed by atoms with van der Waals surface area (Å²) in [6.07, 6.45) is 0. The van der Waals surface area contributed by atoms with Gasteiger partial charge in [-0.25, -0.2) is 4.98 Å². The number of hydrogen-bond acceptors (Lipinski definition) is 3. The smallest absolute Gasteiger partial charge is 0.139 e. The Hall–Kier alpha value is -5.50. The Labute approximate surface area is 245 Å². The Bertz CT molecular complexity index is 2600. The van der Waals surface area contributed by atoms with E-state index in [1.807, 2.05) is 41.7 Å². The second-order valence-electron chi connectivity index (χ2n) is 10.7. The third-order valence-electron chi connectivity index (χ3n) is 8.42. The minimum Gasteiger partial charge on any atom is -0.294 e. The van der Waals surface area contributed by atoms with Crippen molar-refractivity contribution in [1.29, 1.82) is 5.26 Å². The van der Waals surface area contributed by atoms with Crippen molar-refractivity contribution >= 4 is 75.0 Å². The fourth-order valence-electron chi connectivity index (χ4n) is 6.49. The van der Waals surface area contributed by atoms with E-state index in [4.69, 9.17) is 4.98 Å². The molecule has 0 aliphatic carbocycles. The zero-order valence-electron chi connectivity index (χ0n) is 22.4. The van der Waals surface area contributed by atoms with Crippen molar-refractivity contribution in [3.63, 3.8) is 0 Å². The zero-order valence-corrected chi connectivity index (χ0v) is 23.2. The average Bonchev–Trinajstić information content (AvgIpc) is 3.59. The van der Waals surface area contributed by atoms with Crippen molar-refractivity contribution in [2.45, 2.75) is 0 Å². The van der Waals surface area contributed by atoms with E-state index in [1.54, 1.807) is 0 Å². The van der Waals surface area contributed by atoms with E-state index in [2.05, 4.69) is 108 Å². The Morgan fingerprint density at radius 3 is 2.14 bits per heavy atom. The zero-order chi connectivity index (χ0) is 27.8. The number of aromatic nitrogens is 2. The molecule has 194 valence electrons. The molecule has 0 N–H and O–H groups in total. The van der Waals surface area contributed by atoms with Gasteiger partial charge in [-0.05, 0) is 70.4 Å². The number of fused-ring (bicyclic) bond motifs is 9. The maximum absolute atomic E-state index is 10.0. The molecule has 0 saturated heterocycles. The topological polar surface area (TPSA) is 41.6 Å². The van der Waals surface area contributed by atoms with Gasteiger partial charge >= 0.3 is 0 Å². The minimum absolute atomic E-state index is 0.624. The predicted octanol–water partition coefficient (Wildman–Crippen LogP) is 10.4. The molecule has 0 aliphatic rings. The molecule has 0 radical (unpaired) electrons. The van der Waals surface area contributed by atoms with Crippen molar-refractivity contribution in [3.8, 4) is 23.0 Å². The quantitative estimate of drug-likeness (QED) is 0.214. The fraction of sp³-hybridized carbons (Fsp3) is 0. The van der Waals surface area contributed by atoms with Crippen LogP contribution in [0.5, 0.6) is 0 Å². The number of nitrogens with zero attached hydrogens (tertiary/aromatic N) is 3. The molecule has 0 aliphatic heterocycles. The third-order valence-corrected chi connectivity index (χ3v) is 9.57. The maximum Gasteiger partial charge on any atom is 0.139 e. The molecule has 0 atom stereocenters. The van der Waals surface area contributed by atoms with Crippen molar-refractivity contribution < 1.29 is 0 Å². The molecule has 4 heteroatoms. The highest BCUT2D eigenvalue weighted by molar-refractivity contribution is 7.25. The maximum atomic E-state index is 10.0. The van der Waals surface area contributed by atoms with Crippen LogP contribution in [0.1, 0.15) is 5.56 Å². The standard InChI is InChI=1S/C38H21N3S/c39-22-26-21-37(40-32-11-5-3-8-27(26)32)41-33-16-14-24(20-31(33)38-28-9-2-1-7-23(28)13-17-34(38)41)25-15-18-36-30(19-25)29-10-4-6-12-35(29)42-36/h1-21H. The highest BCUT2D eigenvalue weighted by Gasteiger charge is 2.18. The van der Waals surface area contributed by atoms with E-state index in [0.29, 0.717) is 5.56 Å². The largest absolute Gasteiger partial charge is 0.294 e. The molecule has 3 aromatic heterocycles. The van der Waals surface area contributed by atoms with Crippen LogP contribution in [0.4, 0.5) is 0 Å². The van der Waals surface area contributed by atoms with Gasteiger partial charge in [-0.15, -0.1) is 11.3 Å². The summed E-state index contributed by atoms with van der Waals surface area (Å²) in [7, 11) is 0. The number of rotatable bonds is 2. The van der Waals surface area contributed by atoms with E-state index in [0.717, 1.165) is 27.8 Å². The van der Waals surface area contributed by atoms with Gasteiger partial charge in [0.2, 0.25) is 0 Å². The number of nitriles is 1. The number of hydrogen-bond donors (Lipinski definition) is 0. The number of thiophene rings is 1. The molecular formula is C38H21N3S. The highest BCUT2D eigenvalue weighted by atomic mass is 32.1. The third kappa shape index (κ3) is 3.29. The average molecular weight is 552 g/mol. The van der Waals surface area contributed by atoms with Crippen LogP contribution in [0.3, 0.4) is 0 Å². The molecule has 0 saturated carbocycles. The lowest BCUT2D eigenvalue weighted by Crippen LogP contribution is -1.99. The van der Waals surface area contributed by atoms with Gasteiger partial charge in [0.1, 0.15) is 5.82 Å². The first-order valence-corrected chi connectivity index (χ1v) is 14.8. The Balaban J connectivity index is 1.36. The molecule has 6 aromatic carbocycles. The van der Waals surface area contributed by atoms with Gasteiger partial charge in [-0.2, -0.15) is 5.26 Å². The van der Waals surface area contributed by atoms with Crippen LogP contribution in [-0.2, 0) is 0 Å². The molecule has 3 nitrogen and oxygen atoms in total. The Morgan fingerprint density at radius 2 is 1.26 bits per heavy atom. The Kier molecular flexibility index (Phi) is 4.84. The van der Waals surface area contributed by atoms with Gasteiger partial charge in [0, 0.05) is 36.3 Å². The number of para-hydroxylation sites is 1. The first-order valence-electron chi connectivity index (χ1n) is 13.9. The van der Waals surface area contributed by atoms with E-state index in [-0.39, 0.29) is 0 Å². The molecule has 0 fully saturated rings. The van der Waals surface area contributed by atoms with Crippen LogP contribution in [-0.4, -0.2) is 9.55 Å². The summed E-state index contributed by atoms with van der Waals surface area (Å²) in [6, 6.07) is 47.3. The molecule has 0 spiro atoms. The summed E-state index contributed by atoms with van der Waals surface area (Å²) < 4.78 is 4.83. The Morgan fingerprint density at radius 1 is 0.571 bits per heavy atom. The van der Waals surface area contributed by atoms with Crippen LogP contribution in [0.2, 0.25) is 0 Å². The van der Waals surface area contributed by atoms with Crippen molar-refractivity contribution in [2.24, 2.45) is 0 Å². The van der Waals surface area contributed by atoms with E-state index in [9.17, 15) is 5.26 Å². The number of pyridine rings is 1. The monoisotopic (exact) mass is 551 g/mol. The lowest BCUT2D eigenvalue weighted by atomic mass is 9.99. The van der Waals surface area contributed by atoms with Crippen LogP contribution in [0.25, 0.3) is 80.6 Å². The molecule has 42 heavy (non-hydrogen) atoms. The van der Waals surface area contributed by atoms with E-state index in [1.165, 1.54) is 52.8 Å². The summed E-state index contributed by atoms with van der Waals surface area (Å²) in [4.78, 5) is 5.06. The first-order chi connectivity index (χ1) is 20.8. The molecule has 0 bridgehead atoms. The van der Waals surface area contributed by atoms with Gasteiger partial charge in [-0.3, -0.25) is 4.57 Å². The SMILES string of the molecule is N#Cc1cc(-n2c3ccc(-c4ccc5sc6ccccc6c5c4)cc3c3c4ccccc4ccc32)nc2ccccc12. The van der Waals surface area contributed by atoms with Gasteiger partial charge in [-0.1, -0.05) is 78.9 Å². The van der Waals surface area contributed by atoms with E-state index >= 15 is 0 Å². The molecule has 3 heterocycles. The number of benzene rings is 6. The highest BCUT2D eigenvalue weighted by Crippen LogP contribution is 2.40. The fourth-order valence-corrected chi connectivity index (χ4v) is 7.58. The van der Waals surface area contributed by atoms with E-state index < -0.39 is 0 Å². The molecule has 9 rings (SSSR count). The van der Waals surface area contributed by atoms with Gasteiger partial charge in [0.15, 0.2) is 0 Å². The molecular weight excluding hydrogens is 531 g/mol. The van der Waals surface area contributed by atoms with Crippen molar-refractivity contribution in [3.05, 3.63) is 133 Å². The second kappa shape index (κ2) is 8.75. The summed E-state index contributed by atoms with van der Waals surface area (Å²) in [5, 5.41) is 18.3. The van der Waals surface area contributed by atoms with Crippen LogP contribution in [0.15, 0.2) is 127 Å². The van der Waals surface area contributed by atoms with Crippen LogP contribution in [0, 0.1) is 11.3 Å². The molecule has 0 unspecified atom stereocenters. The second-order valence-corrected chi connectivity index (χ2v) is 11.8. The summed E-state index contributed by atoms with van der Waals surface area (Å²) in [5.41, 5.74) is 5.96. The molecule has 0 amide bonds. The lowest BCUT2D eigenvalue weighted by Gasteiger charge is -2.10. The van der Waals surface area contributed by atoms with Crippen molar-refractivity contribution in [1.82, 2.24) is 9.55 Å². The van der Waals surface area contributed by atoms with Crippen LogP contribution < -0.4 is 0 Å².